The van der Waals surface area contributed by atoms with Gasteiger partial charge < -0.3 is 9.73 Å². The molecule has 0 bridgehead atoms. The Morgan fingerprint density at radius 2 is 2.15 bits per heavy atom. The van der Waals surface area contributed by atoms with Gasteiger partial charge in [-0.25, -0.2) is 13.2 Å². The highest BCUT2D eigenvalue weighted by Crippen LogP contribution is 2.26. The van der Waals surface area contributed by atoms with Crippen LogP contribution in [0.4, 0.5) is 0 Å². The number of rotatable bonds is 5. The number of carbonyl (C=O) groups is 1. The lowest BCUT2D eigenvalue weighted by Gasteiger charge is -2.31. The van der Waals surface area contributed by atoms with Gasteiger partial charge in [0.1, 0.15) is 0 Å². The maximum atomic E-state index is 13.0. The molecule has 2 atom stereocenters. The van der Waals surface area contributed by atoms with Crippen molar-refractivity contribution in [2.45, 2.75) is 44.0 Å². The summed E-state index contributed by atoms with van der Waals surface area (Å²) >= 11 is 0. The Morgan fingerprint density at radius 1 is 1.41 bits per heavy atom. The summed E-state index contributed by atoms with van der Waals surface area (Å²) in [4.78, 5) is 24.1. The van der Waals surface area contributed by atoms with E-state index in [4.69, 9.17) is 4.42 Å². The summed E-state index contributed by atoms with van der Waals surface area (Å²) in [5.41, 5.74) is 0.759. The van der Waals surface area contributed by atoms with Crippen LogP contribution in [0.3, 0.4) is 0 Å². The number of oxazole rings is 1. The number of sulfonamides is 1. The zero-order valence-electron chi connectivity index (χ0n) is 15.8. The van der Waals surface area contributed by atoms with E-state index >= 15 is 0 Å². The molecule has 8 nitrogen and oxygen atoms in total. The molecule has 3 rings (SSSR count). The number of benzene rings is 1. The van der Waals surface area contributed by atoms with Crippen molar-refractivity contribution in [1.82, 2.24) is 14.2 Å². The second-order valence-corrected chi connectivity index (χ2v) is 9.01. The zero-order chi connectivity index (χ0) is 19.8. The minimum atomic E-state index is -3.78. The van der Waals surface area contributed by atoms with Crippen molar-refractivity contribution < 1.29 is 17.6 Å². The van der Waals surface area contributed by atoms with Crippen LogP contribution in [-0.2, 0) is 21.9 Å². The summed E-state index contributed by atoms with van der Waals surface area (Å²) in [5, 5.41) is 2.93. The molecule has 1 aliphatic heterocycles. The summed E-state index contributed by atoms with van der Waals surface area (Å²) < 4.78 is 33.8. The van der Waals surface area contributed by atoms with Crippen LogP contribution in [0.25, 0.3) is 11.1 Å². The maximum absolute atomic E-state index is 13.0. The van der Waals surface area contributed by atoms with Gasteiger partial charge in [0, 0.05) is 32.2 Å². The van der Waals surface area contributed by atoms with Gasteiger partial charge in [0.2, 0.25) is 15.9 Å². The Kier molecular flexibility index (Phi) is 5.43. The van der Waals surface area contributed by atoms with E-state index in [1.165, 1.54) is 21.0 Å². The van der Waals surface area contributed by atoms with E-state index < -0.39 is 15.8 Å². The zero-order valence-corrected chi connectivity index (χ0v) is 16.6. The SMILES string of the molecule is CCC(C)NC(=O)C1CCCN(S(=O)(=O)c2ccc3c(c2)oc(=O)n3C)C1. The molecule has 0 spiro atoms. The van der Waals surface area contributed by atoms with Gasteiger partial charge in [-0.3, -0.25) is 9.36 Å². The number of carbonyl (C=O) groups excluding carboxylic acids is 1. The second kappa shape index (κ2) is 7.47. The fourth-order valence-corrected chi connectivity index (χ4v) is 4.80. The van der Waals surface area contributed by atoms with Crippen molar-refractivity contribution in [3.05, 3.63) is 28.7 Å². The minimum absolute atomic E-state index is 0.0623. The molecule has 1 amide bonds. The van der Waals surface area contributed by atoms with Gasteiger partial charge >= 0.3 is 5.76 Å². The summed E-state index contributed by atoms with van der Waals surface area (Å²) in [6, 6.07) is 4.46. The van der Waals surface area contributed by atoms with E-state index in [9.17, 15) is 18.0 Å². The Morgan fingerprint density at radius 3 is 2.85 bits per heavy atom. The van der Waals surface area contributed by atoms with Gasteiger partial charge in [0.15, 0.2) is 5.58 Å². The number of hydrogen-bond donors (Lipinski definition) is 1. The number of nitrogens with zero attached hydrogens (tertiary/aromatic N) is 2. The first kappa shape index (κ1) is 19.6. The van der Waals surface area contributed by atoms with Crippen LogP contribution in [-0.4, -0.2) is 42.3 Å². The summed E-state index contributed by atoms with van der Waals surface area (Å²) in [6.07, 6.45) is 2.12. The smallest absolute Gasteiger partial charge is 0.408 e. The van der Waals surface area contributed by atoms with E-state index in [1.54, 1.807) is 13.1 Å². The molecule has 1 saturated heterocycles. The van der Waals surface area contributed by atoms with Gasteiger partial charge in [-0.05, 0) is 38.3 Å². The molecular formula is C18H25N3O5S. The Hall–Kier alpha value is -2.13. The molecule has 27 heavy (non-hydrogen) atoms. The van der Waals surface area contributed by atoms with E-state index in [2.05, 4.69) is 5.32 Å². The molecule has 1 aromatic carbocycles. The molecule has 0 saturated carbocycles. The van der Waals surface area contributed by atoms with Crippen LogP contribution in [0.5, 0.6) is 0 Å². The lowest BCUT2D eigenvalue weighted by molar-refractivity contribution is -0.126. The van der Waals surface area contributed by atoms with Crippen molar-refractivity contribution in [2.24, 2.45) is 13.0 Å². The van der Waals surface area contributed by atoms with Crippen LogP contribution >= 0.6 is 0 Å². The van der Waals surface area contributed by atoms with Crippen LogP contribution in [0.2, 0.25) is 0 Å². The van der Waals surface area contributed by atoms with Crippen LogP contribution in [0.1, 0.15) is 33.1 Å². The average molecular weight is 395 g/mol. The highest BCUT2D eigenvalue weighted by Gasteiger charge is 2.33. The number of piperidine rings is 1. The van der Waals surface area contributed by atoms with Crippen LogP contribution in [0.15, 0.2) is 32.3 Å². The quantitative estimate of drug-likeness (QED) is 0.826. The summed E-state index contributed by atoms with van der Waals surface area (Å²) in [5.74, 6) is -1.01. The first-order chi connectivity index (χ1) is 12.7. The number of fused-ring (bicyclic) bond motifs is 1. The third-order valence-corrected chi connectivity index (χ3v) is 7.02. The number of hydrogen-bond acceptors (Lipinski definition) is 5. The average Bonchev–Trinajstić information content (AvgIpc) is 2.95. The Balaban J connectivity index is 1.84. The third-order valence-electron chi connectivity index (χ3n) is 5.16. The van der Waals surface area contributed by atoms with Crippen molar-refractivity contribution in [3.63, 3.8) is 0 Å². The minimum Gasteiger partial charge on any atom is -0.408 e. The number of amides is 1. The Bertz CT molecular complexity index is 1010. The standard InChI is InChI=1S/C18H25N3O5S/c1-4-12(2)19-17(22)13-6-5-9-21(11-13)27(24,25)14-7-8-15-16(10-14)26-18(23)20(15)3/h7-8,10,12-13H,4-6,9,11H2,1-3H3,(H,19,22). The highest BCUT2D eigenvalue weighted by atomic mass is 32.2. The molecule has 1 N–H and O–H groups in total. The monoisotopic (exact) mass is 395 g/mol. The molecule has 1 fully saturated rings. The molecule has 2 aromatic rings. The lowest BCUT2D eigenvalue weighted by Crippen LogP contribution is -2.46. The first-order valence-corrected chi connectivity index (χ1v) is 10.6. The fourth-order valence-electron chi connectivity index (χ4n) is 3.26. The van der Waals surface area contributed by atoms with E-state index in [0.29, 0.717) is 24.9 Å². The van der Waals surface area contributed by atoms with Crippen LogP contribution in [0, 0.1) is 5.92 Å². The Labute approximate surface area is 158 Å². The van der Waals surface area contributed by atoms with Crippen molar-refractivity contribution in [2.75, 3.05) is 13.1 Å². The topological polar surface area (TPSA) is 102 Å². The van der Waals surface area contributed by atoms with Gasteiger partial charge in [0.05, 0.1) is 16.3 Å². The molecule has 2 unspecified atom stereocenters. The lowest BCUT2D eigenvalue weighted by atomic mass is 9.98. The van der Waals surface area contributed by atoms with Gasteiger partial charge in [-0.2, -0.15) is 4.31 Å². The van der Waals surface area contributed by atoms with Crippen LogP contribution < -0.4 is 11.1 Å². The molecule has 0 radical (unpaired) electrons. The van der Waals surface area contributed by atoms with Crippen molar-refractivity contribution >= 4 is 27.0 Å². The normalized spacial score (nSPS) is 19.9. The van der Waals surface area contributed by atoms with Crippen molar-refractivity contribution in [1.29, 1.82) is 0 Å². The fraction of sp³-hybridized carbons (Fsp3) is 0.556. The van der Waals surface area contributed by atoms with E-state index in [0.717, 1.165) is 6.42 Å². The molecule has 9 heteroatoms. The molecule has 148 valence electrons. The maximum Gasteiger partial charge on any atom is 0.419 e. The van der Waals surface area contributed by atoms with Gasteiger partial charge in [-0.1, -0.05) is 6.92 Å². The number of aromatic nitrogens is 1. The second-order valence-electron chi connectivity index (χ2n) is 7.08. The summed E-state index contributed by atoms with van der Waals surface area (Å²) in [6.45, 7) is 4.44. The number of nitrogens with one attached hydrogen (secondary N) is 1. The van der Waals surface area contributed by atoms with Crippen molar-refractivity contribution in [3.8, 4) is 0 Å². The first-order valence-electron chi connectivity index (χ1n) is 9.14. The molecular weight excluding hydrogens is 370 g/mol. The number of aryl methyl sites for hydroxylation is 1. The largest absolute Gasteiger partial charge is 0.419 e. The van der Waals surface area contributed by atoms with Gasteiger partial charge in [-0.15, -0.1) is 0 Å². The molecule has 1 aromatic heterocycles. The van der Waals surface area contributed by atoms with E-state index in [1.807, 2.05) is 13.8 Å². The summed E-state index contributed by atoms with van der Waals surface area (Å²) in [7, 11) is -2.21. The molecule has 1 aliphatic rings. The highest BCUT2D eigenvalue weighted by molar-refractivity contribution is 7.89. The predicted octanol–water partition coefficient (Wildman–Crippen LogP) is 1.45. The third kappa shape index (κ3) is 3.79. The van der Waals surface area contributed by atoms with E-state index in [-0.39, 0.29) is 34.9 Å². The molecule has 0 aliphatic carbocycles. The van der Waals surface area contributed by atoms with Gasteiger partial charge in [0.25, 0.3) is 0 Å². The predicted molar refractivity (Wildman–Crippen MR) is 101 cm³/mol. The molecule has 2 heterocycles.